The fourth-order valence-corrected chi connectivity index (χ4v) is 5.29. The van der Waals surface area contributed by atoms with E-state index in [4.69, 9.17) is 16.3 Å². The van der Waals surface area contributed by atoms with Crippen LogP contribution in [0.2, 0.25) is 5.02 Å². The molecule has 0 bridgehead atoms. The van der Waals surface area contributed by atoms with Crippen molar-refractivity contribution in [2.24, 2.45) is 0 Å². The van der Waals surface area contributed by atoms with Crippen molar-refractivity contribution in [3.8, 4) is 5.75 Å². The second-order valence-electron chi connectivity index (χ2n) is 7.43. The molecule has 1 N–H and O–H groups in total. The fourth-order valence-electron chi connectivity index (χ4n) is 3.70. The van der Waals surface area contributed by atoms with Gasteiger partial charge in [0.2, 0.25) is 5.91 Å². The van der Waals surface area contributed by atoms with Crippen molar-refractivity contribution in [2.45, 2.75) is 56.8 Å². The SMILES string of the molecule is Cc1cc(Cl)ccc1OCc1nnc(SCC(=O)Nc2nccs2)n1C1CCCCC1. The Morgan fingerprint density at radius 3 is 2.90 bits per heavy atom. The number of aromatic nitrogens is 4. The molecule has 164 valence electrons. The van der Waals surface area contributed by atoms with Crippen molar-refractivity contribution in [3.63, 3.8) is 0 Å². The smallest absolute Gasteiger partial charge is 0.236 e. The highest BCUT2D eigenvalue weighted by atomic mass is 35.5. The molecule has 3 aromatic rings. The third-order valence-corrected chi connectivity index (χ3v) is 7.05. The second kappa shape index (κ2) is 10.5. The number of ether oxygens (including phenoxy) is 1. The Bertz CT molecular complexity index is 1020. The number of halogens is 1. The summed E-state index contributed by atoms with van der Waals surface area (Å²) in [6.07, 6.45) is 7.48. The lowest BCUT2D eigenvalue weighted by molar-refractivity contribution is -0.113. The number of thiazole rings is 1. The third kappa shape index (κ3) is 5.78. The molecule has 1 aromatic carbocycles. The summed E-state index contributed by atoms with van der Waals surface area (Å²) >= 11 is 8.85. The van der Waals surface area contributed by atoms with Crippen molar-refractivity contribution < 1.29 is 9.53 Å². The van der Waals surface area contributed by atoms with Gasteiger partial charge < -0.3 is 10.1 Å². The predicted molar refractivity (Wildman–Crippen MR) is 124 cm³/mol. The van der Waals surface area contributed by atoms with E-state index in [1.54, 1.807) is 6.20 Å². The number of thioether (sulfide) groups is 1. The van der Waals surface area contributed by atoms with Crippen molar-refractivity contribution >= 4 is 45.7 Å². The molecule has 4 rings (SSSR count). The molecule has 2 aromatic heterocycles. The Labute approximate surface area is 194 Å². The van der Waals surface area contributed by atoms with E-state index in [1.807, 2.05) is 30.5 Å². The van der Waals surface area contributed by atoms with Crippen LogP contribution in [0.4, 0.5) is 5.13 Å². The number of amides is 1. The van der Waals surface area contributed by atoms with E-state index >= 15 is 0 Å². The average molecular weight is 478 g/mol. The number of benzene rings is 1. The zero-order valence-corrected chi connectivity index (χ0v) is 19.6. The quantitative estimate of drug-likeness (QED) is 0.430. The fraction of sp³-hybridized carbons (Fsp3) is 0.429. The first-order chi connectivity index (χ1) is 15.1. The molecular formula is C21H24ClN5O2S2. The first-order valence-corrected chi connectivity index (χ1v) is 12.5. The minimum absolute atomic E-state index is 0.104. The van der Waals surface area contributed by atoms with E-state index in [9.17, 15) is 4.79 Å². The molecule has 7 nitrogen and oxygen atoms in total. The number of hydrogen-bond acceptors (Lipinski definition) is 7. The maximum atomic E-state index is 12.3. The van der Waals surface area contributed by atoms with Crippen LogP contribution in [0, 0.1) is 6.92 Å². The number of carbonyl (C=O) groups is 1. The van der Waals surface area contributed by atoms with Crippen molar-refractivity contribution in [1.82, 2.24) is 19.7 Å². The van der Waals surface area contributed by atoms with E-state index in [1.165, 1.54) is 42.4 Å². The standard InChI is InChI=1S/C21H24ClN5O2S2/c1-14-11-15(22)7-8-17(14)29-12-18-25-26-21(27(18)16-5-3-2-4-6-16)31-13-19(28)24-20-23-9-10-30-20/h7-11,16H,2-6,12-13H2,1H3,(H,23,24,28). The van der Waals surface area contributed by atoms with Gasteiger partial charge in [0.15, 0.2) is 16.1 Å². The summed E-state index contributed by atoms with van der Waals surface area (Å²) in [6.45, 7) is 2.28. The lowest BCUT2D eigenvalue weighted by Gasteiger charge is -2.25. The summed E-state index contributed by atoms with van der Waals surface area (Å²) in [5.74, 6) is 1.71. The van der Waals surface area contributed by atoms with Gasteiger partial charge in [-0.3, -0.25) is 9.36 Å². The van der Waals surface area contributed by atoms with Crippen molar-refractivity contribution in [1.29, 1.82) is 0 Å². The van der Waals surface area contributed by atoms with Crippen LogP contribution >= 0.6 is 34.7 Å². The first kappa shape index (κ1) is 22.1. The third-order valence-electron chi connectivity index (χ3n) is 5.18. The van der Waals surface area contributed by atoms with Gasteiger partial charge in [-0.1, -0.05) is 42.6 Å². The van der Waals surface area contributed by atoms with Gasteiger partial charge in [0, 0.05) is 22.6 Å². The topological polar surface area (TPSA) is 81.9 Å². The summed E-state index contributed by atoms with van der Waals surface area (Å²) in [5.41, 5.74) is 0.977. The predicted octanol–water partition coefficient (Wildman–Crippen LogP) is 5.51. The number of carbonyl (C=O) groups excluding carboxylic acids is 1. The molecule has 0 atom stereocenters. The molecule has 1 fully saturated rings. The van der Waals surface area contributed by atoms with Crippen LogP contribution < -0.4 is 10.1 Å². The number of rotatable bonds is 8. The summed E-state index contributed by atoms with van der Waals surface area (Å²) in [4.78, 5) is 16.4. The number of nitrogens with zero attached hydrogens (tertiary/aromatic N) is 4. The highest BCUT2D eigenvalue weighted by Gasteiger charge is 2.24. The van der Waals surface area contributed by atoms with E-state index in [2.05, 4.69) is 25.1 Å². The number of nitrogens with one attached hydrogen (secondary N) is 1. The average Bonchev–Trinajstić information content (AvgIpc) is 3.42. The molecule has 1 aliphatic carbocycles. The minimum Gasteiger partial charge on any atom is -0.485 e. The number of hydrogen-bond donors (Lipinski definition) is 1. The highest BCUT2D eigenvalue weighted by molar-refractivity contribution is 7.99. The van der Waals surface area contributed by atoms with E-state index < -0.39 is 0 Å². The van der Waals surface area contributed by atoms with E-state index in [-0.39, 0.29) is 11.7 Å². The van der Waals surface area contributed by atoms with Gasteiger partial charge in [0.25, 0.3) is 0 Å². The molecule has 0 spiro atoms. The van der Waals surface area contributed by atoms with Gasteiger partial charge in [0.05, 0.1) is 5.75 Å². The van der Waals surface area contributed by atoms with Crippen LogP contribution in [0.1, 0.15) is 49.5 Å². The van der Waals surface area contributed by atoms with Gasteiger partial charge in [-0.2, -0.15) is 0 Å². The zero-order valence-electron chi connectivity index (χ0n) is 17.2. The molecule has 2 heterocycles. The molecular weight excluding hydrogens is 454 g/mol. The molecule has 0 unspecified atom stereocenters. The Balaban J connectivity index is 1.47. The monoisotopic (exact) mass is 477 g/mol. The van der Waals surface area contributed by atoms with Crippen molar-refractivity contribution in [3.05, 3.63) is 46.2 Å². The lowest BCUT2D eigenvalue weighted by atomic mass is 9.95. The molecule has 31 heavy (non-hydrogen) atoms. The van der Waals surface area contributed by atoms with Crippen LogP contribution in [0.15, 0.2) is 34.9 Å². The van der Waals surface area contributed by atoms with Gasteiger partial charge >= 0.3 is 0 Å². The maximum absolute atomic E-state index is 12.3. The molecule has 0 saturated heterocycles. The Morgan fingerprint density at radius 2 is 2.16 bits per heavy atom. The van der Waals surface area contributed by atoms with E-state index in [0.717, 1.165) is 35.1 Å². The summed E-state index contributed by atoms with van der Waals surface area (Å²) in [5, 5.41) is 15.5. The Morgan fingerprint density at radius 1 is 1.32 bits per heavy atom. The Hall–Kier alpha value is -2.10. The largest absolute Gasteiger partial charge is 0.485 e. The lowest BCUT2D eigenvalue weighted by Crippen LogP contribution is -2.19. The normalized spacial score (nSPS) is 14.5. The second-order valence-corrected chi connectivity index (χ2v) is 9.71. The van der Waals surface area contributed by atoms with Crippen LogP contribution in [0.25, 0.3) is 0 Å². The summed E-state index contributed by atoms with van der Waals surface area (Å²) in [6, 6.07) is 5.90. The highest BCUT2D eigenvalue weighted by Crippen LogP contribution is 2.33. The molecule has 1 aliphatic rings. The number of aryl methyl sites for hydroxylation is 1. The molecule has 10 heteroatoms. The summed E-state index contributed by atoms with van der Waals surface area (Å²) < 4.78 is 8.21. The van der Waals surface area contributed by atoms with Crippen LogP contribution in [-0.4, -0.2) is 31.4 Å². The zero-order chi connectivity index (χ0) is 21.6. The van der Waals surface area contributed by atoms with Gasteiger partial charge in [0.1, 0.15) is 12.4 Å². The Kier molecular flexibility index (Phi) is 7.47. The molecule has 1 amide bonds. The summed E-state index contributed by atoms with van der Waals surface area (Å²) in [7, 11) is 0. The van der Waals surface area contributed by atoms with Gasteiger partial charge in [-0.15, -0.1) is 21.5 Å². The van der Waals surface area contributed by atoms with Crippen molar-refractivity contribution in [2.75, 3.05) is 11.1 Å². The maximum Gasteiger partial charge on any atom is 0.236 e. The van der Waals surface area contributed by atoms with Crippen LogP contribution in [0.3, 0.4) is 0 Å². The van der Waals surface area contributed by atoms with E-state index in [0.29, 0.717) is 22.8 Å². The minimum atomic E-state index is -0.104. The first-order valence-electron chi connectivity index (χ1n) is 10.2. The van der Waals surface area contributed by atoms with Gasteiger partial charge in [-0.25, -0.2) is 4.98 Å². The number of anilines is 1. The molecule has 0 radical (unpaired) electrons. The van der Waals surface area contributed by atoms with Crippen LogP contribution in [-0.2, 0) is 11.4 Å². The molecule has 1 saturated carbocycles. The van der Waals surface area contributed by atoms with Crippen LogP contribution in [0.5, 0.6) is 5.75 Å². The molecule has 0 aliphatic heterocycles. The van der Waals surface area contributed by atoms with Gasteiger partial charge in [-0.05, 0) is 43.5 Å².